The van der Waals surface area contributed by atoms with E-state index in [1.165, 1.54) is 24.2 Å². The standard InChI is InChI=1S/C16H23N5/c1-12-10-20(3)16(19-12)14-7-5-9-21(14)11-13-6-4-8-18-15(13)17-2/h4,6,8,10,14H,5,7,9,11H2,1-3H3,(H,17,18). The van der Waals surface area contributed by atoms with Crippen LogP contribution in [-0.4, -0.2) is 33.0 Å². The summed E-state index contributed by atoms with van der Waals surface area (Å²) < 4.78 is 2.17. The van der Waals surface area contributed by atoms with Crippen LogP contribution in [0.5, 0.6) is 0 Å². The summed E-state index contributed by atoms with van der Waals surface area (Å²) in [5.41, 5.74) is 2.34. The van der Waals surface area contributed by atoms with Crippen LogP contribution >= 0.6 is 0 Å². The molecule has 112 valence electrons. The van der Waals surface area contributed by atoms with Crippen molar-refractivity contribution >= 4 is 5.82 Å². The van der Waals surface area contributed by atoms with E-state index >= 15 is 0 Å². The molecule has 3 heterocycles. The monoisotopic (exact) mass is 285 g/mol. The normalized spacial score (nSPS) is 19.1. The van der Waals surface area contributed by atoms with E-state index in [0.29, 0.717) is 6.04 Å². The second kappa shape index (κ2) is 5.85. The highest BCUT2D eigenvalue weighted by molar-refractivity contribution is 5.42. The van der Waals surface area contributed by atoms with Gasteiger partial charge in [0.2, 0.25) is 0 Å². The van der Waals surface area contributed by atoms with Crippen molar-refractivity contribution in [3.8, 4) is 0 Å². The summed E-state index contributed by atoms with van der Waals surface area (Å²) in [5, 5.41) is 3.18. The van der Waals surface area contributed by atoms with Crippen LogP contribution in [0.15, 0.2) is 24.5 Å². The molecule has 1 N–H and O–H groups in total. The van der Waals surface area contributed by atoms with Crippen molar-refractivity contribution in [2.45, 2.75) is 32.4 Å². The zero-order chi connectivity index (χ0) is 14.8. The Balaban J connectivity index is 1.83. The predicted octanol–water partition coefficient (Wildman–Crippen LogP) is 2.50. The number of hydrogen-bond donors (Lipinski definition) is 1. The number of pyridine rings is 1. The van der Waals surface area contributed by atoms with E-state index in [1.54, 1.807) is 0 Å². The summed E-state index contributed by atoms with van der Waals surface area (Å²) in [4.78, 5) is 11.6. The molecule has 5 nitrogen and oxygen atoms in total. The van der Waals surface area contributed by atoms with Gasteiger partial charge in [-0.25, -0.2) is 9.97 Å². The Morgan fingerprint density at radius 1 is 1.43 bits per heavy atom. The van der Waals surface area contributed by atoms with Crippen LogP contribution in [0.25, 0.3) is 0 Å². The third-order valence-corrected chi connectivity index (χ3v) is 4.20. The van der Waals surface area contributed by atoms with E-state index in [2.05, 4.69) is 46.0 Å². The van der Waals surface area contributed by atoms with Crippen LogP contribution in [0, 0.1) is 6.92 Å². The Hall–Kier alpha value is -1.88. The molecule has 1 atom stereocenters. The summed E-state index contributed by atoms with van der Waals surface area (Å²) in [5.74, 6) is 2.15. The van der Waals surface area contributed by atoms with E-state index < -0.39 is 0 Å². The fourth-order valence-corrected chi connectivity index (χ4v) is 3.26. The highest BCUT2D eigenvalue weighted by Crippen LogP contribution is 2.33. The van der Waals surface area contributed by atoms with E-state index in [-0.39, 0.29) is 0 Å². The van der Waals surface area contributed by atoms with Crippen molar-refractivity contribution in [2.75, 3.05) is 18.9 Å². The maximum Gasteiger partial charge on any atom is 0.130 e. The first-order chi connectivity index (χ1) is 10.2. The van der Waals surface area contributed by atoms with Crippen LogP contribution in [-0.2, 0) is 13.6 Å². The van der Waals surface area contributed by atoms with Gasteiger partial charge in [0.1, 0.15) is 11.6 Å². The minimum absolute atomic E-state index is 0.411. The van der Waals surface area contributed by atoms with Gasteiger partial charge in [-0.3, -0.25) is 4.90 Å². The van der Waals surface area contributed by atoms with Gasteiger partial charge in [-0.05, 0) is 32.4 Å². The van der Waals surface area contributed by atoms with Gasteiger partial charge in [0.25, 0.3) is 0 Å². The van der Waals surface area contributed by atoms with Crippen LogP contribution in [0.2, 0.25) is 0 Å². The van der Waals surface area contributed by atoms with Crippen LogP contribution in [0.3, 0.4) is 0 Å². The highest BCUT2D eigenvalue weighted by atomic mass is 15.2. The first-order valence-electron chi connectivity index (χ1n) is 7.54. The van der Waals surface area contributed by atoms with Crippen molar-refractivity contribution in [1.29, 1.82) is 0 Å². The lowest BCUT2D eigenvalue weighted by Crippen LogP contribution is -2.25. The number of hydrogen-bond acceptors (Lipinski definition) is 4. The molecular weight excluding hydrogens is 262 g/mol. The zero-order valence-corrected chi connectivity index (χ0v) is 13.0. The van der Waals surface area contributed by atoms with E-state index in [1.807, 2.05) is 19.3 Å². The number of anilines is 1. The smallest absolute Gasteiger partial charge is 0.130 e. The molecule has 1 aliphatic rings. The van der Waals surface area contributed by atoms with Gasteiger partial charge < -0.3 is 9.88 Å². The molecule has 1 fully saturated rings. The molecule has 0 saturated carbocycles. The molecule has 0 aliphatic carbocycles. The number of aromatic nitrogens is 3. The lowest BCUT2D eigenvalue weighted by molar-refractivity contribution is 0.236. The highest BCUT2D eigenvalue weighted by Gasteiger charge is 2.29. The van der Waals surface area contributed by atoms with Crippen molar-refractivity contribution in [1.82, 2.24) is 19.4 Å². The molecule has 0 aromatic carbocycles. The largest absolute Gasteiger partial charge is 0.373 e. The molecule has 2 aromatic heterocycles. The number of likely N-dealkylation sites (tertiary alicyclic amines) is 1. The fraction of sp³-hybridized carbons (Fsp3) is 0.500. The maximum absolute atomic E-state index is 4.72. The molecule has 21 heavy (non-hydrogen) atoms. The summed E-state index contributed by atoms with van der Waals surface area (Å²) in [6, 6.07) is 4.57. The topological polar surface area (TPSA) is 46.0 Å². The van der Waals surface area contributed by atoms with Crippen molar-refractivity contribution < 1.29 is 0 Å². The minimum Gasteiger partial charge on any atom is -0.373 e. The van der Waals surface area contributed by atoms with Crippen LogP contribution in [0.4, 0.5) is 5.82 Å². The second-order valence-electron chi connectivity index (χ2n) is 5.74. The second-order valence-corrected chi connectivity index (χ2v) is 5.74. The summed E-state index contributed by atoms with van der Waals surface area (Å²) in [7, 11) is 4.02. The summed E-state index contributed by atoms with van der Waals surface area (Å²) in [6.07, 6.45) is 6.35. The lowest BCUT2D eigenvalue weighted by atomic mass is 10.2. The number of nitrogens with one attached hydrogen (secondary N) is 1. The number of aryl methyl sites for hydroxylation is 2. The molecule has 5 heteroatoms. The van der Waals surface area contributed by atoms with Crippen LogP contribution in [0.1, 0.15) is 36.0 Å². The fourth-order valence-electron chi connectivity index (χ4n) is 3.26. The molecule has 1 saturated heterocycles. The van der Waals surface area contributed by atoms with Gasteiger partial charge in [-0.1, -0.05) is 6.07 Å². The van der Waals surface area contributed by atoms with Crippen molar-refractivity contribution in [3.05, 3.63) is 41.6 Å². The Labute approximate surface area is 126 Å². The number of imidazole rings is 1. The van der Waals surface area contributed by atoms with Crippen LogP contribution < -0.4 is 5.32 Å². The predicted molar refractivity (Wildman–Crippen MR) is 84.1 cm³/mol. The summed E-state index contributed by atoms with van der Waals surface area (Å²) in [6.45, 7) is 4.10. The first-order valence-corrected chi connectivity index (χ1v) is 7.54. The summed E-state index contributed by atoms with van der Waals surface area (Å²) >= 11 is 0. The average molecular weight is 285 g/mol. The van der Waals surface area contributed by atoms with E-state index in [4.69, 9.17) is 4.98 Å². The van der Waals surface area contributed by atoms with Gasteiger partial charge in [-0.15, -0.1) is 0 Å². The van der Waals surface area contributed by atoms with E-state index in [0.717, 1.165) is 24.6 Å². The lowest BCUT2D eigenvalue weighted by Gasteiger charge is -2.24. The molecule has 0 spiro atoms. The number of rotatable bonds is 4. The minimum atomic E-state index is 0.411. The molecular formula is C16H23N5. The maximum atomic E-state index is 4.72. The van der Waals surface area contributed by atoms with Gasteiger partial charge in [0, 0.05) is 38.6 Å². The van der Waals surface area contributed by atoms with Crippen molar-refractivity contribution in [2.24, 2.45) is 7.05 Å². The molecule has 0 bridgehead atoms. The van der Waals surface area contributed by atoms with Crippen molar-refractivity contribution in [3.63, 3.8) is 0 Å². The van der Waals surface area contributed by atoms with Gasteiger partial charge in [0.05, 0.1) is 11.7 Å². The quantitative estimate of drug-likeness (QED) is 0.937. The van der Waals surface area contributed by atoms with E-state index in [9.17, 15) is 0 Å². The third kappa shape index (κ3) is 2.78. The SMILES string of the molecule is CNc1ncccc1CN1CCCC1c1nc(C)cn1C. The Morgan fingerprint density at radius 2 is 2.29 bits per heavy atom. The average Bonchev–Trinajstić information content (AvgIpc) is 3.05. The zero-order valence-electron chi connectivity index (χ0n) is 13.0. The van der Waals surface area contributed by atoms with Gasteiger partial charge >= 0.3 is 0 Å². The molecule has 0 radical (unpaired) electrons. The molecule has 0 amide bonds. The Kier molecular flexibility index (Phi) is 3.92. The number of nitrogens with zero attached hydrogens (tertiary/aromatic N) is 4. The third-order valence-electron chi connectivity index (χ3n) is 4.20. The molecule has 1 aliphatic heterocycles. The van der Waals surface area contributed by atoms with Gasteiger partial charge in [-0.2, -0.15) is 0 Å². The Bertz CT molecular complexity index is 619. The Morgan fingerprint density at radius 3 is 3.00 bits per heavy atom. The molecule has 1 unspecified atom stereocenters. The first kappa shape index (κ1) is 14.1. The van der Waals surface area contributed by atoms with Gasteiger partial charge in [0.15, 0.2) is 0 Å². The molecule has 2 aromatic rings. The molecule has 3 rings (SSSR count).